The van der Waals surface area contributed by atoms with Gasteiger partial charge in [0.2, 0.25) is 0 Å². The molecule has 4 aromatic rings. The number of aromatic nitrogens is 4. The summed E-state index contributed by atoms with van der Waals surface area (Å²) < 4.78 is 1.73. The standard InChI is InChI=1S/C20H16BN4OP/c1-13-17(14-5-7-22-8-6-14)10-23-11-18(13)15-3-4-20-16(9-15)19(12-26)24-25(20)27(2)21/h3-12H,1-2H3. The lowest BCUT2D eigenvalue weighted by Gasteiger charge is -2.12. The van der Waals surface area contributed by atoms with Crippen molar-refractivity contribution >= 4 is 32.7 Å². The van der Waals surface area contributed by atoms with Crippen LogP contribution in [0.4, 0.5) is 0 Å². The van der Waals surface area contributed by atoms with E-state index in [-0.39, 0.29) is 0 Å². The van der Waals surface area contributed by atoms with E-state index in [1.54, 1.807) is 16.8 Å². The van der Waals surface area contributed by atoms with E-state index in [1.165, 1.54) is 0 Å². The Balaban J connectivity index is 1.89. The van der Waals surface area contributed by atoms with Crippen molar-refractivity contribution < 1.29 is 4.79 Å². The van der Waals surface area contributed by atoms with E-state index in [1.807, 2.05) is 49.4 Å². The van der Waals surface area contributed by atoms with Gasteiger partial charge in [-0.25, -0.2) is 0 Å². The molecule has 0 aliphatic heterocycles. The first kappa shape index (κ1) is 17.6. The third-order valence-electron chi connectivity index (χ3n) is 4.62. The molecule has 7 heteroatoms. The lowest BCUT2D eigenvalue weighted by molar-refractivity contribution is 0.112. The lowest BCUT2D eigenvalue weighted by atomic mass is 9.95. The van der Waals surface area contributed by atoms with Crippen LogP contribution < -0.4 is 0 Å². The summed E-state index contributed by atoms with van der Waals surface area (Å²) in [6.45, 7) is 3.97. The van der Waals surface area contributed by atoms with Crippen molar-refractivity contribution in [2.75, 3.05) is 6.66 Å². The largest absolute Gasteiger partial charge is 0.296 e. The number of nitrogens with zero attached hydrogens (tertiary/aromatic N) is 4. The molecule has 0 spiro atoms. The molecule has 0 N–H and O–H groups in total. The molecule has 0 amide bonds. The fraction of sp³-hybridized carbons (Fsp3) is 0.100. The minimum absolute atomic E-state index is 0.405. The number of benzene rings is 1. The third kappa shape index (κ3) is 3.06. The molecule has 0 saturated heterocycles. The van der Waals surface area contributed by atoms with Gasteiger partial charge in [-0.3, -0.25) is 19.2 Å². The summed E-state index contributed by atoms with van der Waals surface area (Å²) in [4.78, 5) is 20.0. The highest BCUT2D eigenvalue weighted by atomic mass is 31.1. The zero-order valence-electron chi connectivity index (χ0n) is 15.0. The number of aldehydes is 1. The molecule has 0 bridgehead atoms. The molecule has 27 heavy (non-hydrogen) atoms. The van der Waals surface area contributed by atoms with Gasteiger partial charge in [0.15, 0.2) is 6.29 Å². The fourth-order valence-corrected chi connectivity index (χ4v) is 4.01. The minimum atomic E-state index is -0.957. The average molecular weight is 370 g/mol. The van der Waals surface area contributed by atoms with E-state index in [0.29, 0.717) is 5.69 Å². The molecular formula is C20H16BN4OP. The Kier molecular flexibility index (Phi) is 4.58. The van der Waals surface area contributed by atoms with Gasteiger partial charge in [-0.05, 0) is 62.5 Å². The van der Waals surface area contributed by atoms with Crippen LogP contribution in [0.5, 0.6) is 0 Å². The van der Waals surface area contributed by atoms with Gasteiger partial charge in [0.1, 0.15) is 13.3 Å². The molecule has 0 aliphatic rings. The first-order valence-electron chi connectivity index (χ1n) is 8.42. The van der Waals surface area contributed by atoms with E-state index in [0.717, 1.165) is 45.0 Å². The Bertz CT molecular complexity index is 1140. The molecule has 3 aromatic heterocycles. The lowest BCUT2D eigenvalue weighted by Crippen LogP contribution is -1.93. The van der Waals surface area contributed by atoms with E-state index in [4.69, 9.17) is 7.57 Å². The first-order valence-corrected chi connectivity index (χ1v) is 10.2. The number of hydrogen-bond donors (Lipinski definition) is 0. The predicted octanol–water partition coefficient (Wildman–Crippen LogP) is 4.24. The van der Waals surface area contributed by atoms with Gasteiger partial charge in [0.25, 0.3) is 0 Å². The normalized spacial score (nSPS) is 12.2. The topological polar surface area (TPSA) is 60.7 Å². The molecule has 5 nitrogen and oxygen atoms in total. The molecule has 3 heterocycles. The molecule has 1 aromatic carbocycles. The fourth-order valence-electron chi connectivity index (χ4n) is 3.26. The second-order valence-electron chi connectivity index (χ2n) is 6.29. The predicted molar refractivity (Wildman–Crippen MR) is 110 cm³/mol. The maximum absolute atomic E-state index is 11.5. The third-order valence-corrected chi connectivity index (χ3v) is 5.52. The van der Waals surface area contributed by atoms with Crippen LogP contribution in [0.2, 0.25) is 0 Å². The maximum atomic E-state index is 11.5. The summed E-state index contributed by atoms with van der Waals surface area (Å²) in [6, 6.07) is 9.91. The molecule has 130 valence electrons. The second kappa shape index (κ2) is 7.05. The molecule has 0 aliphatic carbocycles. The van der Waals surface area contributed by atoms with Crippen LogP contribution in [0.3, 0.4) is 0 Å². The van der Waals surface area contributed by atoms with Crippen molar-refractivity contribution in [3.63, 3.8) is 0 Å². The molecule has 1 atom stereocenters. The Labute approximate surface area is 159 Å². The quantitative estimate of drug-likeness (QED) is 0.306. The zero-order valence-corrected chi connectivity index (χ0v) is 15.9. The van der Waals surface area contributed by atoms with Crippen LogP contribution in [-0.2, 0) is 0 Å². The maximum Gasteiger partial charge on any atom is 0.170 e. The van der Waals surface area contributed by atoms with Gasteiger partial charge >= 0.3 is 0 Å². The summed E-state index contributed by atoms with van der Waals surface area (Å²) in [5.74, 6) is 0. The molecule has 4 rings (SSSR count). The van der Waals surface area contributed by atoms with Crippen LogP contribution in [0, 0.1) is 6.92 Å². The van der Waals surface area contributed by atoms with Crippen molar-refractivity contribution in [1.29, 1.82) is 0 Å². The van der Waals surface area contributed by atoms with Crippen LogP contribution in [0.15, 0.2) is 55.1 Å². The molecular weight excluding hydrogens is 354 g/mol. The van der Waals surface area contributed by atoms with Crippen LogP contribution >= 0.6 is 7.95 Å². The molecule has 1 unspecified atom stereocenters. The van der Waals surface area contributed by atoms with Crippen molar-refractivity contribution in [2.45, 2.75) is 6.92 Å². The molecule has 0 saturated carbocycles. The van der Waals surface area contributed by atoms with E-state index >= 15 is 0 Å². The van der Waals surface area contributed by atoms with E-state index in [2.05, 4.69) is 22.0 Å². The number of pyridine rings is 2. The Morgan fingerprint density at radius 3 is 2.41 bits per heavy atom. The van der Waals surface area contributed by atoms with Crippen LogP contribution in [0.1, 0.15) is 16.1 Å². The highest BCUT2D eigenvalue weighted by Gasteiger charge is 2.15. The van der Waals surface area contributed by atoms with Crippen LogP contribution in [0.25, 0.3) is 33.2 Å². The van der Waals surface area contributed by atoms with Gasteiger partial charge in [-0.15, -0.1) is 0 Å². The van der Waals surface area contributed by atoms with Crippen molar-refractivity contribution in [3.05, 3.63) is 66.4 Å². The monoisotopic (exact) mass is 370 g/mol. The second-order valence-corrected chi connectivity index (χ2v) is 7.82. The summed E-state index contributed by atoms with van der Waals surface area (Å²) in [5, 5.41) is 5.16. The SMILES string of the molecule is [B]P(C)n1nc(C=O)c2cc(-c3cncc(-c4ccncc4)c3C)ccc21. The highest BCUT2D eigenvalue weighted by molar-refractivity contribution is 7.80. The molecule has 2 radical (unpaired) electrons. The Morgan fingerprint density at radius 1 is 1.04 bits per heavy atom. The highest BCUT2D eigenvalue weighted by Crippen LogP contribution is 2.36. The average Bonchev–Trinajstić information content (AvgIpc) is 3.07. The van der Waals surface area contributed by atoms with Gasteiger partial charge in [-0.1, -0.05) is 6.07 Å². The van der Waals surface area contributed by atoms with E-state index < -0.39 is 7.95 Å². The number of carbonyl (C=O) groups excluding carboxylic acids is 1. The van der Waals surface area contributed by atoms with Crippen molar-refractivity contribution in [2.24, 2.45) is 0 Å². The Morgan fingerprint density at radius 2 is 1.74 bits per heavy atom. The van der Waals surface area contributed by atoms with Gasteiger partial charge in [-0.2, -0.15) is 5.10 Å². The number of carbonyl (C=O) groups is 1. The van der Waals surface area contributed by atoms with Gasteiger partial charge in [0.05, 0.1) is 5.52 Å². The van der Waals surface area contributed by atoms with Crippen molar-refractivity contribution in [3.8, 4) is 22.3 Å². The summed E-state index contributed by atoms with van der Waals surface area (Å²) in [6.07, 6.45) is 8.03. The van der Waals surface area contributed by atoms with E-state index in [9.17, 15) is 4.79 Å². The van der Waals surface area contributed by atoms with Crippen LogP contribution in [-0.4, -0.2) is 40.0 Å². The number of hydrogen-bond acceptors (Lipinski definition) is 4. The summed E-state index contributed by atoms with van der Waals surface area (Å²) >= 11 is 0. The number of rotatable bonds is 4. The smallest absolute Gasteiger partial charge is 0.170 e. The minimum Gasteiger partial charge on any atom is -0.296 e. The first-order chi connectivity index (χ1) is 13.1. The molecule has 0 fully saturated rings. The Hall–Kier alpha value is -2.85. The summed E-state index contributed by atoms with van der Waals surface area (Å²) in [5.41, 5.74) is 6.52. The summed E-state index contributed by atoms with van der Waals surface area (Å²) in [7, 11) is 5.08. The van der Waals surface area contributed by atoms with Gasteiger partial charge < -0.3 is 0 Å². The zero-order chi connectivity index (χ0) is 19.0. The van der Waals surface area contributed by atoms with Crippen molar-refractivity contribution in [1.82, 2.24) is 19.5 Å². The number of fused-ring (bicyclic) bond motifs is 1. The van der Waals surface area contributed by atoms with Gasteiger partial charge in [0, 0.05) is 41.3 Å².